The Bertz CT molecular complexity index is 404. The molecule has 1 rings (SSSR count). The smallest absolute Gasteiger partial charge is 0.225 e. The molecule has 0 radical (unpaired) electrons. The first-order valence-electron chi connectivity index (χ1n) is 7.24. The van der Waals surface area contributed by atoms with Crippen LogP contribution in [0.2, 0.25) is 0 Å². The summed E-state index contributed by atoms with van der Waals surface area (Å²) in [5.74, 6) is 0.716. The van der Waals surface area contributed by atoms with Crippen LogP contribution in [0.15, 0.2) is 24.3 Å². The summed E-state index contributed by atoms with van der Waals surface area (Å²) < 4.78 is 0. The molecule has 106 valence electrons. The summed E-state index contributed by atoms with van der Waals surface area (Å²) in [4.78, 5) is 11.9. The average molecular weight is 261 g/mol. The largest absolute Gasteiger partial charge is 0.355 e. The third-order valence-corrected chi connectivity index (χ3v) is 3.84. The van der Waals surface area contributed by atoms with Gasteiger partial charge in [0.15, 0.2) is 0 Å². The molecule has 0 aromatic heterocycles. The first-order valence-corrected chi connectivity index (χ1v) is 7.24. The quantitative estimate of drug-likeness (QED) is 0.826. The number of rotatable bonds is 6. The van der Waals surface area contributed by atoms with Gasteiger partial charge in [-0.1, -0.05) is 58.9 Å². The lowest BCUT2D eigenvalue weighted by Gasteiger charge is -2.21. The van der Waals surface area contributed by atoms with Crippen LogP contribution in [-0.2, 0) is 11.2 Å². The summed E-state index contributed by atoms with van der Waals surface area (Å²) in [6.45, 7) is 11.1. The Balaban J connectivity index is 2.43. The van der Waals surface area contributed by atoms with Crippen LogP contribution in [0.5, 0.6) is 0 Å². The topological polar surface area (TPSA) is 29.1 Å². The van der Waals surface area contributed by atoms with Crippen LogP contribution in [0.3, 0.4) is 0 Å². The van der Waals surface area contributed by atoms with E-state index in [0.29, 0.717) is 12.5 Å². The first-order chi connectivity index (χ1) is 8.86. The van der Waals surface area contributed by atoms with Crippen LogP contribution in [-0.4, -0.2) is 12.5 Å². The SMILES string of the molecule is CCC(C)(C)C(=O)NCCc1ccc(C(C)C)cc1. The van der Waals surface area contributed by atoms with Crippen molar-refractivity contribution in [3.05, 3.63) is 35.4 Å². The van der Waals surface area contributed by atoms with Gasteiger partial charge in [-0.05, 0) is 29.9 Å². The molecule has 0 heterocycles. The highest BCUT2D eigenvalue weighted by molar-refractivity contribution is 5.81. The summed E-state index contributed by atoms with van der Waals surface area (Å²) in [5.41, 5.74) is 2.38. The fourth-order valence-corrected chi connectivity index (χ4v) is 1.79. The van der Waals surface area contributed by atoms with Gasteiger partial charge in [-0.3, -0.25) is 4.79 Å². The molecule has 0 saturated heterocycles. The third-order valence-electron chi connectivity index (χ3n) is 3.84. The van der Waals surface area contributed by atoms with Gasteiger partial charge in [-0.25, -0.2) is 0 Å². The van der Waals surface area contributed by atoms with Gasteiger partial charge in [-0.15, -0.1) is 0 Å². The zero-order valence-electron chi connectivity index (χ0n) is 12.9. The molecule has 1 aromatic rings. The number of hydrogen-bond acceptors (Lipinski definition) is 1. The first kappa shape index (κ1) is 15.7. The van der Waals surface area contributed by atoms with Crippen molar-refractivity contribution in [2.45, 2.75) is 53.4 Å². The maximum Gasteiger partial charge on any atom is 0.225 e. The number of carbonyl (C=O) groups excluding carboxylic acids is 1. The molecule has 0 unspecified atom stereocenters. The normalized spacial score (nSPS) is 11.7. The molecule has 0 aliphatic carbocycles. The van der Waals surface area contributed by atoms with Crippen molar-refractivity contribution in [3.8, 4) is 0 Å². The Morgan fingerprint density at radius 3 is 2.26 bits per heavy atom. The van der Waals surface area contributed by atoms with E-state index in [9.17, 15) is 4.79 Å². The average Bonchev–Trinajstić information content (AvgIpc) is 2.39. The maximum absolute atomic E-state index is 11.9. The molecule has 1 N–H and O–H groups in total. The van der Waals surface area contributed by atoms with Crippen molar-refractivity contribution in [1.82, 2.24) is 5.32 Å². The summed E-state index contributed by atoms with van der Waals surface area (Å²) >= 11 is 0. The Morgan fingerprint density at radius 2 is 1.79 bits per heavy atom. The molecular formula is C17H27NO. The Labute approximate surface area is 117 Å². The van der Waals surface area contributed by atoms with Crippen LogP contribution in [0, 0.1) is 5.41 Å². The molecule has 0 atom stereocenters. The monoisotopic (exact) mass is 261 g/mol. The minimum Gasteiger partial charge on any atom is -0.355 e. The number of amides is 1. The fourth-order valence-electron chi connectivity index (χ4n) is 1.79. The van der Waals surface area contributed by atoms with Gasteiger partial charge in [0.2, 0.25) is 5.91 Å². The molecule has 19 heavy (non-hydrogen) atoms. The number of nitrogens with one attached hydrogen (secondary N) is 1. The number of benzene rings is 1. The predicted octanol–water partition coefficient (Wildman–Crippen LogP) is 3.90. The summed E-state index contributed by atoms with van der Waals surface area (Å²) in [5, 5.41) is 3.02. The molecular weight excluding hydrogens is 234 g/mol. The summed E-state index contributed by atoms with van der Waals surface area (Å²) in [6, 6.07) is 8.68. The van der Waals surface area contributed by atoms with E-state index in [1.807, 2.05) is 20.8 Å². The van der Waals surface area contributed by atoms with E-state index < -0.39 is 0 Å². The molecule has 2 nitrogen and oxygen atoms in total. The number of carbonyl (C=O) groups is 1. The molecule has 2 heteroatoms. The minimum absolute atomic E-state index is 0.147. The second-order valence-electron chi connectivity index (χ2n) is 6.14. The lowest BCUT2D eigenvalue weighted by molar-refractivity contribution is -0.129. The van der Waals surface area contributed by atoms with Crippen molar-refractivity contribution >= 4 is 5.91 Å². The van der Waals surface area contributed by atoms with Crippen molar-refractivity contribution in [2.75, 3.05) is 6.54 Å². The Hall–Kier alpha value is -1.31. The fraction of sp³-hybridized carbons (Fsp3) is 0.588. The second kappa shape index (κ2) is 6.74. The molecule has 0 spiro atoms. The van der Waals surface area contributed by atoms with Gasteiger partial charge < -0.3 is 5.32 Å². The van der Waals surface area contributed by atoms with Crippen LogP contribution in [0.25, 0.3) is 0 Å². The number of hydrogen-bond donors (Lipinski definition) is 1. The van der Waals surface area contributed by atoms with Crippen molar-refractivity contribution < 1.29 is 4.79 Å². The van der Waals surface area contributed by atoms with Gasteiger partial charge in [0.05, 0.1) is 0 Å². The van der Waals surface area contributed by atoms with Gasteiger partial charge in [-0.2, -0.15) is 0 Å². The lowest BCUT2D eigenvalue weighted by atomic mass is 9.89. The zero-order valence-corrected chi connectivity index (χ0v) is 12.9. The van der Waals surface area contributed by atoms with Crippen LogP contribution in [0.1, 0.15) is 58.1 Å². The van der Waals surface area contributed by atoms with Crippen molar-refractivity contribution in [1.29, 1.82) is 0 Å². The third kappa shape index (κ3) is 4.70. The van der Waals surface area contributed by atoms with E-state index in [2.05, 4.69) is 43.4 Å². The van der Waals surface area contributed by atoms with Crippen LogP contribution in [0.4, 0.5) is 0 Å². The Morgan fingerprint density at radius 1 is 1.21 bits per heavy atom. The lowest BCUT2D eigenvalue weighted by Crippen LogP contribution is -2.37. The van der Waals surface area contributed by atoms with Gasteiger partial charge >= 0.3 is 0 Å². The highest BCUT2D eigenvalue weighted by Crippen LogP contribution is 2.19. The summed E-state index contributed by atoms with van der Waals surface area (Å²) in [6.07, 6.45) is 1.76. The Kier molecular flexibility index (Phi) is 5.59. The van der Waals surface area contributed by atoms with E-state index >= 15 is 0 Å². The molecule has 1 aromatic carbocycles. The van der Waals surface area contributed by atoms with Gasteiger partial charge in [0.25, 0.3) is 0 Å². The zero-order chi connectivity index (χ0) is 14.5. The maximum atomic E-state index is 11.9. The molecule has 0 aliphatic rings. The van der Waals surface area contributed by atoms with E-state index in [1.165, 1.54) is 11.1 Å². The molecule has 0 bridgehead atoms. The molecule has 0 aliphatic heterocycles. The van der Waals surface area contributed by atoms with Gasteiger partial charge in [0, 0.05) is 12.0 Å². The standard InChI is InChI=1S/C17H27NO/c1-6-17(4,5)16(19)18-12-11-14-7-9-15(10-8-14)13(2)3/h7-10,13H,6,11-12H2,1-5H3,(H,18,19). The minimum atomic E-state index is -0.262. The van der Waals surface area contributed by atoms with Crippen LogP contribution < -0.4 is 5.32 Å². The molecule has 0 fully saturated rings. The van der Waals surface area contributed by atoms with E-state index in [-0.39, 0.29) is 11.3 Å². The van der Waals surface area contributed by atoms with E-state index in [1.54, 1.807) is 0 Å². The van der Waals surface area contributed by atoms with E-state index in [0.717, 1.165) is 12.8 Å². The van der Waals surface area contributed by atoms with E-state index in [4.69, 9.17) is 0 Å². The second-order valence-corrected chi connectivity index (χ2v) is 6.14. The van der Waals surface area contributed by atoms with Crippen LogP contribution >= 0.6 is 0 Å². The summed E-state index contributed by atoms with van der Waals surface area (Å²) in [7, 11) is 0. The van der Waals surface area contributed by atoms with Crippen molar-refractivity contribution in [3.63, 3.8) is 0 Å². The highest BCUT2D eigenvalue weighted by Gasteiger charge is 2.24. The molecule has 0 saturated carbocycles. The van der Waals surface area contributed by atoms with Crippen molar-refractivity contribution in [2.24, 2.45) is 5.41 Å². The highest BCUT2D eigenvalue weighted by atomic mass is 16.2. The van der Waals surface area contributed by atoms with Gasteiger partial charge in [0.1, 0.15) is 0 Å². The molecule has 1 amide bonds. The predicted molar refractivity (Wildman–Crippen MR) is 81.3 cm³/mol.